The van der Waals surface area contributed by atoms with Crippen LogP contribution in [0.25, 0.3) is 10.8 Å². The van der Waals surface area contributed by atoms with Gasteiger partial charge in [0.1, 0.15) is 11.5 Å². The second-order valence-corrected chi connectivity index (χ2v) is 7.33. The van der Waals surface area contributed by atoms with Gasteiger partial charge in [-0.05, 0) is 58.2 Å². The summed E-state index contributed by atoms with van der Waals surface area (Å²) in [6.07, 6.45) is 0. The van der Waals surface area contributed by atoms with Crippen molar-refractivity contribution in [2.75, 3.05) is 13.2 Å². The number of halogens is 1. The number of carbonyl (C=O) groups is 2. The lowest BCUT2D eigenvalue weighted by Crippen LogP contribution is -2.45. The number of amides is 2. The van der Waals surface area contributed by atoms with Crippen LogP contribution in [0.15, 0.2) is 59.1 Å². The van der Waals surface area contributed by atoms with Crippen molar-refractivity contribution in [1.82, 2.24) is 10.9 Å². The highest BCUT2D eigenvalue weighted by atomic mass is 79.9. The topological polar surface area (TPSA) is 76.7 Å². The fraction of sp³-hybridized carbons (Fsp3) is 0.182. The Balaban J connectivity index is 1.45. The molecule has 7 heteroatoms. The van der Waals surface area contributed by atoms with E-state index in [1.165, 1.54) is 0 Å². The molecule has 29 heavy (non-hydrogen) atoms. The Morgan fingerprint density at radius 3 is 2.17 bits per heavy atom. The number of carbonyl (C=O) groups excluding carboxylic acids is 2. The third-order valence-corrected chi connectivity index (χ3v) is 5.04. The van der Waals surface area contributed by atoms with Crippen LogP contribution in [0.2, 0.25) is 0 Å². The van der Waals surface area contributed by atoms with Crippen molar-refractivity contribution in [2.45, 2.75) is 13.8 Å². The summed E-state index contributed by atoms with van der Waals surface area (Å²) in [5.74, 6) is 0.222. The molecule has 6 nitrogen and oxygen atoms in total. The van der Waals surface area contributed by atoms with Crippen LogP contribution in [0.4, 0.5) is 0 Å². The van der Waals surface area contributed by atoms with Gasteiger partial charge in [-0.3, -0.25) is 20.4 Å². The second-order valence-electron chi connectivity index (χ2n) is 6.54. The Kier molecular flexibility index (Phi) is 6.72. The summed E-state index contributed by atoms with van der Waals surface area (Å²) in [6, 6.07) is 17.2. The molecule has 3 aromatic rings. The smallest absolute Gasteiger partial charge is 0.276 e. The molecule has 0 fully saturated rings. The van der Waals surface area contributed by atoms with Crippen LogP contribution in [0.5, 0.6) is 11.5 Å². The van der Waals surface area contributed by atoms with Gasteiger partial charge in [0.25, 0.3) is 11.8 Å². The van der Waals surface area contributed by atoms with Crippen molar-refractivity contribution in [2.24, 2.45) is 0 Å². The number of rotatable bonds is 6. The molecule has 150 valence electrons. The van der Waals surface area contributed by atoms with Gasteiger partial charge in [0.2, 0.25) is 0 Å². The lowest BCUT2D eigenvalue weighted by molar-refractivity contribution is -0.131. The number of aryl methyl sites for hydroxylation is 2. The van der Waals surface area contributed by atoms with Crippen LogP contribution >= 0.6 is 15.9 Å². The van der Waals surface area contributed by atoms with Gasteiger partial charge in [0.15, 0.2) is 13.2 Å². The van der Waals surface area contributed by atoms with Crippen LogP contribution in [0.1, 0.15) is 11.1 Å². The van der Waals surface area contributed by atoms with Crippen molar-refractivity contribution >= 4 is 38.5 Å². The molecule has 0 aliphatic carbocycles. The molecule has 0 saturated heterocycles. The van der Waals surface area contributed by atoms with Gasteiger partial charge in [0, 0.05) is 0 Å². The fourth-order valence-electron chi connectivity index (χ4n) is 2.78. The average molecular weight is 457 g/mol. The fourth-order valence-corrected chi connectivity index (χ4v) is 3.39. The Morgan fingerprint density at radius 2 is 1.48 bits per heavy atom. The summed E-state index contributed by atoms with van der Waals surface area (Å²) in [5.41, 5.74) is 6.68. The molecule has 3 rings (SSSR count). The van der Waals surface area contributed by atoms with Crippen LogP contribution in [0, 0.1) is 13.8 Å². The minimum Gasteiger partial charge on any atom is -0.483 e. The zero-order chi connectivity index (χ0) is 20.8. The Morgan fingerprint density at radius 1 is 0.862 bits per heavy atom. The largest absolute Gasteiger partial charge is 0.483 e. The maximum absolute atomic E-state index is 12.0. The number of fused-ring (bicyclic) bond motifs is 1. The van der Waals surface area contributed by atoms with Gasteiger partial charge in [-0.15, -0.1) is 0 Å². The number of benzene rings is 3. The predicted molar refractivity (Wildman–Crippen MR) is 115 cm³/mol. The van der Waals surface area contributed by atoms with Crippen LogP contribution in [-0.2, 0) is 9.59 Å². The van der Waals surface area contributed by atoms with E-state index in [1.807, 2.05) is 62.4 Å². The first-order chi connectivity index (χ1) is 13.9. The molecular weight excluding hydrogens is 436 g/mol. The van der Waals surface area contributed by atoms with E-state index in [9.17, 15) is 9.59 Å². The van der Waals surface area contributed by atoms with Crippen LogP contribution in [-0.4, -0.2) is 25.0 Å². The monoisotopic (exact) mass is 456 g/mol. The Labute approximate surface area is 177 Å². The minimum atomic E-state index is -0.482. The number of hydrogen-bond acceptors (Lipinski definition) is 4. The number of hydrazine groups is 1. The first-order valence-electron chi connectivity index (χ1n) is 9.02. The van der Waals surface area contributed by atoms with Crippen molar-refractivity contribution in [3.8, 4) is 11.5 Å². The minimum absolute atomic E-state index is 0.207. The van der Waals surface area contributed by atoms with E-state index in [0.29, 0.717) is 11.5 Å². The highest BCUT2D eigenvalue weighted by Gasteiger charge is 2.10. The first-order valence-corrected chi connectivity index (χ1v) is 9.81. The van der Waals surface area contributed by atoms with Crippen molar-refractivity contribution < 1.29 is 19.1 Å². The predicted octanol–water partition coefficient (Wildman–Crippen LogP) is 3.82. The summed E-state index contributed by atoms with van der Waals surface area (Å²) >= 11 is 3.50. The van der Waals surface area contributed by atoms with Gasteiger partial charge in [-0.25, -0.2) is 0 Å². The maximum Gasteiger partial charge on any atom is 0.276 e. The zero-order valence-corrected chi connectivity index (χ0v) is 17.7. The molecule has 0 heterocycles. The van der Waals surface area contributed by atoms with E-state index in [-0.39, 0.29) is 13.2 Å². The van der Waals surface area contributed by atoms with Crippen molar-refractivity contribution in [3.63, 3.8) is 0 Å². The molecule has 0 atom stereocenters. The SMILES string of the molecule is Cc1ccc(OCC(=O)NNC(=O)COc2ccc3ccccc3c2Br)c(C)c1. The van der Waals surface area contributed by atoms with Gasteiger partial charge < -0.3 is 9.47 Å². The van der Waals surface area contributed by atoms with Crippen molar-refractivity contribution in [3.05, 3.63) is 70.2 Å². The molecule has 0 saturated carbocycles. The average Bonchev–Trinajstić information content (AvgIpc) is 2.71. The lowest BCUT2D eigenvalue weighted by atomic mass is 10.1. The molecule has 0 unspecified atom stereocenters. The van der Waals surface area contributed by atoms with Gasteiger partial charge in [0.05, 0.1) is 4.47 Å². The summed E-state index contributed by atoms with van der Waals surface area (Å²) < 4.78 is 11.8. The molecule has 0 aliphatic rings. The van der Waals surface area contributed by atoms with E-state index >= 15 is 0 Å². The third-order valence-electron chi connectivity index (χ3n) is 4.22. The number of hydrogen-bond donors (Lipinski definition) is 2. The highest BCUT2D eigenvalue weighted by Crippen LogP contribution is 2.32. The Hall–Kier alpha value is -3.06. The van der Waals surface area contributed by atoms with Gasteiger partial charge in [-0.2, -0.15) is 0 Å². The molecule has 0 radical (unpaired) electrons. The highest BCUT2D eigenvalue weighted by molar-refractivity contribution is 9.10. The molecule has 0 aliphatic heterocycles. The molecule has 0 bridgehead atoms. The second kappa shape index (κ2) is 9.43. The third kappa shape index (κ3) is 5.48. The summed E-state index contributed by atoms with van der Waals surface area (Å²) in [7, 11) is 0. The lowest BCUT2D eigenvalue weighted by Gasteiger charge is -2.12. The normalized spacial score (nSPS) is 10.4. The van der Waals surface area contributed by atoms with E-state index in [0.717, 1.165) is 26.4 Å². The standard InChI is InChI=1S/C22H21BrN2O4/c1-14-7-9-18(15(2)11-14)28-12-20(26)24-25-21(27)13-29-19-10-8-16-5-3-4-6-17(16)22(19)23/h3-11H,12-13H2,1-2H3,(H,24,26)(H,25,27). The molecular formula is C22H21BrN2O4. The van der Waals surface area contributed by atoms with E-state index in [1.54, 1.807) is 6.07 Å². The maximum atomic E-state index is 12.0. The van der Waals surface area contributed by atoms with E-state index < -0.39 is 11.8 Å². The molecule has 3 aromatic carbocycles. The summed E-state index contributed by atoms with van der Waals surface area (Å²) in [6.45, 7) is 3.44. The zero-order valence-electron chi connectivity index (χ0n) is 16.1. The van der Waals surface area contributed by atoms with Crippen molar-refractivity contribution in [1.29, 1.82) is 0 Å². The van der Waals surface area contributed by atoms with Crippen LogP contribution in [0.3, 0.4) is 0 Å². The molecule has 2 N–H and O–H groups in total. The first kappa shape index (κ1) is 20.7. The number of nitrogens with one attached hydrogen (secondary N) is 2. The summed E-state index contributed by atoms with van der Waals surface area (Å²) in [5, 5.41) is 2.05. The number of ether oxygens (including phenoxy) is 2. The quantitative estimate of drug-likeness (QED) is 0.552. The molecule has 0 spiro atoms. The van der Waals surface area contributed by atoms with E-state index in [2.05, 4.69) is 26.8 Å². The van der Waals surface area contributed by atoms with E-state index in [4.69, 9.17) is 9.47 Å². The molecule has 0 aromatic heterocycles. The van der Waals surface area contributed by atoms with Crippen LogP contribution < -0.4 is 20.3 Å². The molecule has 2 amide bonds. The summed E-state index contributed by atoms with van der Waals surface area (Å²) in [4.78, 5) is 23.8. The van der Waals surface area contributed by atoms with Gasteiger partial charge in [-0.1, -0.05) is 48.0 Å². The Bertz CT molecular complexity index is 1050. The van der Waals surface area contributed by atoms with Gasteiger partial charge >= 0.3 is 0 Å².